The van der Waals surface area contributed by atoms with E-state index in [0.717, 1.165) is 0 Å². The Kier molecular flexibility index (Phi) is 43.9. The zero-order valence-electron chi connectivity index (χ0n) is 7.71. The van der Waals surface area contributed by atoms with Gasteiger partial charge in [-0.25, -0.2) is 0 Å². The van der Waals surface area contributed by atoms with Crippen LogP contribution in [0.2, 0.25) is 0 Å². The minimum atomic E-state index is -2.92. The van der Waals surface area contributed by atoms with Crippen LogP contribution in [0.15, 0.2) is 0 Å². The van der Waals surface area contributed by atoms with Crippen molar-refractivity contribution in [3.8, 4) is 0 Å². The Morgan fingerprint density at radius 3 is 0.294 bits per heavy atom. The largest absolute Gasteiger partial charge is 0.907 e. The second kappa shape index (κ2) is 24.8. The monoisotopic (exact) mass is 254 g/mol. The predicted molar refractivity (Wildman–Crippen MR) is 26.6 cm³/mol. The third-order valence-corrected chi connectivity index (χ3v) is 0. The first-order chi connectivity index (χ1) is 6.93. The van der Waals surface area contributed by atoms with Crippen molar-refractivity contribution in [3.05, 3.63) is 0 Å². The van der Waals surface area contributed by atoms with Crippen molar-refractivity contribution < 1.29 is 65.8 Å². The van der Waals surface area contributed by atoms with Crippen molar-refractivity contribution in [1.29, 1.82) is 0 Å². The average molecular weight is 253 g/mol. The highest BCUT2D eigenvalue weighted by atomic mass is 16.5. The molecule has 2 N–H and O–H groups in total. The van der Waals surface area contributed by atoms with Crippen LogP contribution in [0, 0.1) is 0 Å². The quantitative estimate of drug-likeness (QED) is 0.363. The fraction of sp³-hybridized carbons (Fsp3) is 0. The first-order valence-corrected chi connectivity index (χ1v) is 2.83. The van der Waals surface area contributed by atoms with Gasteiger partial charge >= 0.3 is 0 Å². The lowest BCUT2D eigenvalue weighted by atomic mass is 10.3. The third-order valence-electron chi connectivity index (χ3n) is 0. The Bertz CT molecular complexity index is 56.4. The molecular formula is H2B4O13-12. The summed E-state index contributed by atoms with van der Waals surface area (Å²) in [5.74, 6) is 0. The van der Waals surface area contributed by atoms with Crippen LogP contribution >= 0.6 is 0 Å². The van der Waals surface area contributed by atoms with E-state index in [1.807, 2.05) is 0 Å². The van der Waals surface area contributed by atoms with Crippen LogP contribution in [0.4, 0.5) is 0 Å². The summed E-state index contributed by atoms with van der Waals surface area (Å²) in [6, 6.07) is 0. The van der Waals surface area contributed by atoms with E-state index >= 15 is 0 Å². The molecule has 17 heavy (non-hydrogen) atoms. The van der Waals surface area contributed by atoms with Crippen molar-refractivity contribution in [2.75, 3.05) is 0 Å². The molecule has 0 aliphatic carbocycles. The molecule has 0 spiro atoms. The van der Waals surface area contributed by atoms with E-state index in [-0.39, 0.29) is 5.48 Å². The molecule has 0 aliphatic heterocycles. The molecule has 0 fully saturated rings. The molecule has 0 bridgehead atoms. The molecule has 0 aromatic rings. The van der Waals surface area contributed by atoms with Crippen molar-refractivity contribution >= 4 is 29.3 Å². The van der Waals surface area contributed by atoms with Crippen LogP contribution in [0.3, 0.4) is 0 Å². The van der Waals surface area contributed by atoms with E-state index in [1.54, 1.807) is 0 Å². The molecule has 0 aromatic heterocycles. The Morgan fingerprint density at radius 1 is 0.294 bits per heavy atom. The van der Waals surface area contributed by atoms with Gasteiger partial charge in [0.15, 0.2) is 0 Å². The number of hydrogen-bond acceptors (Lipinski definition) is 12. The lowest BCUT2D eigenvalue weighted by Crippen LogP contribution is -2.56. The molecule has 0 amide bonds. The summed E-state index contributed by atoms with van der Waals surface area (Å²) in [5.41, 5.74) is 0. The molecule has 0 aliphatic rings. The maximum atomic E-state index is 8.42. The van der Waals surface area contributed by atoms with Gasteiger partial charge < -0.3 is 65.8 Å². The van der Waals surface area contributed by atoms with E-state index in [0.29, 0.717) is 0 Å². The summed E-state index contributed by atoms with van der Waals surface area (Å²) >= 11 is 0. The summed E-state index contributed by atoms with van der Waals surface area (Å²) in [7, 11) is -11.7. The molecule has 0 radical (unpaired) electrons. The second-order valence-corrected chi connectivity index (χ2v) is 1.15. The molecule has 0 saturated heterocycles. The normalized spacial score (nSPS) is 6.35. The van der Waals surface area contributed by atoms with Crippen LogP contribution in [0.5, 0.6) is 0 Å². The fourth-order valence-corrected chi connectivity index (χ4v) is 0. The van der Waals surface area contributed by atoms with Gasteiger partial charge in [-0.3, -0.25) is 29.3 Å². The Labute approximate surface area is 96.1 Å². The summed E-state index contributed by atoms with van der Waals surface area (Å²) in [6.07, 6.45) is 0. The molecular weight excluding hydrogens is 251 g/mol. The van der Waals surface area contributed by atoms with Crippen LogP contribution in [0.25, 0.3) is 0 Å². The van der Waals surface area contributed by atoms with E-state index in [2.05, 4.69) is 0 Å². The topological polar surface area (TPSA) is 308 Å². The molecule has 0 atom stereocenters. The van der Waals surface area contributed by atoms with Gasteiger partial charge in [0.05, 0.1) is 0 Å². The van der Waals surface area contributed by atoms with Gasteiger partial charge in [0.1, 0.15) is 0 Å². The minimum absolute atomic E-state index is 0. The minimum Gasteiger partial charge on any atom is -0.907 e. The van der Waals surface area contributed by atoms with Crippen LogP contribution in [0.1, 0.15) is 0 Å². The average Bonchev–Trinajstić information content (AvgIpc) is 1.76. The summed E-state index contributed by atoms with van der Waals surface area (Å²) < 4.78 is 0. The standard InChI is InChI=1S/4BO3.H2O/c4*2-1(3)4;/h;;;;1H2/q4*-3;. The molecule has 0 rings (SSSR count). The second-order valence-electron chi connectivity index (χ2n) is 1.15. The number of rotatable bonds is 0. The maximum absolute atomic E-state index is 8.42. The highest BCUT2D eigenvalue weighted by Gasteiger charge is 1.18. The molecule has 0 unspecified atom stereocenters. The smallest absolute Gasteiger partial charge is 0.278 e. The van der Waals surface area contributed by atoms with Crippen molar-refractivity contribution in [3.63, 3.8) is 0 Å². The Balaban J connectivity index is -0.0000000369. The predicted octanol–water partition coefficient (Wildman–Crippen LogP) is -16.6. The first-order valence-electron chi connectivity index (χ1n) is 2.83. The maximum Gasteiger partial charge on any atom is -0.278 e. The van der Waals surface area contributed by atoms with Crippen molar-refractivity contribution in [2.24, 2.45) is 0 Å². The van der Waals surface area contributed by atoms with E-state index < -0.39 is 29.3 Å². The Morgan fingerprint density at radius 2 is 0.294 bits per heavy atom. The van der Waals surface area contributed by atoms with E-state index in [9.17, 15) is 0 Å². The SMILES string of the molecule is O.[O-]B([O-])[O-].[O-]B([O-])[O-].[O-]B([O-])[O-].[O-]B([O-])[O-]. The van der Waals surface area contributed by atoms with E-state index in [4.69, 9.17) is 60.3 Å². The van der Waals surface area contributed by atoms with Crippen molar-refractivity contribution in [1.82, 2.24) is 0 Å². The molecule has 0 heterocycles. The van der Waals surface area contributed by atoms with Gasteiger partial charge in [0, 0.05) is 0 Å². The molecule has 0 aromatic carbocycles. The Hall–Kier alpha value is -0.260. The first kappa shape index (κ1) is 30.1. The summed E-state index contributed by atoms with van der Waals surface area (Å²) in [5, 5.41) is 101. The van der Waals surface area contributed by atoms with Gasteiger partial charge in [-0.2, -0.15) is 0 Å². The van der Waals surface area contributed by atoms with Gasteiger partial charge in [0.25, 0.3) is 0 Å². The number of hydrogen-bond donors (Lipinski definition) is 0. The zero-order valence-corrected chi connectivity index (χ0v) is 7.71. The van der Waals surface area contributed by atoms with Crippen LogP contribution in [-0.2, 0) is 0 Å². The van der Waals surface area contributed by atoms with E-state index in [1.165, 1.54) is 0 Å². The highest BCUT2D eigenvalue weighted by molar-refractivity contribution is 6.24. The molecule has 13 nitrogen and oxygen atoms in total. The van der Waals surface area contributed by atoms with Crippen molar-refractivity contribution in [2.45, 2.75) is 0 Å². The third kappa shape index (κ3) is 43900. The summed E-state index contributed by atoms with van der Waals surface area (Å²) in [6.45, 7) is 0. The lowest BCUT2D eigenvalue weighted by Gasteiger charge is -2.35. The van der Waals surface area contributed by atoms with Crippen LogP contribution < -0.4 is 60.3 Å². The molecule has 0 saturated carbocycles. The van der Waals surface area contributed by atoms with Crippen LogP contribution in [-0.4, -0.2) is 34.8 Å². The fourth-order valence-electron chi connectivity index (χ4n) is 0. The lowest BCUT2D eigenvalue weighted by molar-refractivity contribution is -0.481. The molecule has 104 valence electrons. The zero-order chi connectivity index (χ0) is 14.3. The van der Waals surface area contributed by atoms with Gasteiger partial charge in [-0.15, -0.1) is 0 Å². The highest BCUT2D eigenvalue weighted by Crippen LogP contribution is 1.00. The van der Waals surface area contributed by atoms with Gasteiger partial charge in [0.2, 0.25) is 0 Å². The molecule has 17 heteroatoms. The van der Waals surface area contributed by atoms with Gasteiger partial charge in [-0.1, -0.05) is 0 Å². The summed E-state index contributed by atoms with van der Waals surface area (Å²) in [4.78, 5) is 0. The van der Waals surface area contributed by atoms with Gasteiger partial charge in [-0.05, 0) is 0 Å².